The Hall–Kier alpha value is -0.213. The van der Waals surface area contributed by atoms with Crippen molar-refractivity contribution in [3.63, 3.8) is 0 Å². The number of carboxylic acid groups (broad SMARTS) is 3. The first kappa shape index (κ1) is 61.5. The summed E-state index contributed by atoms with van der Waals surface area (Å²) in [5, 5.41) is 30.6. The molecule has 0 unspecified atom stereocenters. The minimum atomic E-state index is -0.905. The van der Waals surface area contributed by atoms with Gasteiger partial charge in [-0.15, -0.1) is 0 Å². The Morgan fingerprint density at radius 3 is 0.455 bits per heavy atom. The van der Waals surface area contributed by atoms with Gasteiger partial charge in [-0.3, -0.25) is 0 Å². The minimum absolute atomic E-state index is 0. The zero-order chi connectivity index (χ0) is 40.4. The van der Waals surface area contributed by atoms with Gasteiger partial charge in [0.25, 0.3) is 0 Å². The van der Waals surface area contributed by atoms with Crippen LogP contribution < -0.4 is 15.3 Å². The molecule has 0 amide bonds. The number of aliphatic carboxylic acids is 3. The molecule has 1 radical (unpaired) electrons. The molecular weight excluding hydrogens is 813 g/mol. The fourth-order valence-corrected chi connectivity index (χ4v) is 6.86. The average molecular weight is 906 g/mol. The third-order valence-corrected chi connectivity index (χ3v) is 10.5. The second kappa shape index (κ2) is 58.1. The van der Waals surface area contributed by atoms with Crippen LogP contribution in [0, 0.1) is 41.7 Å². The molecule has 0 aliphatic heterocycles. The largest absolute Gasteiger partial charge is 3.00 e. The predicted molar refractivity (Wildman–Crippen MR) is 226 cm³/mol. The molecule has 0 aliphatic rings. The quantitative estimate of drug-likeness (QED) is 0.0563. The molecule has 7 heteroatoms. The fourth-order valence-electron chi connectivity index (χ4n) is 6.86. The summed E-state index contributed by atoms with van der Waals surface area (Å²) >= 11 is 0. The average Bonchev–Trinajstić information content (AvgIpc) is 3.14. The van der Waals surface area contributed by atoms with Gasteiger partial charge in [0, 0.05) is 17.9 Å². The van der Waals surface area contributed by atoms with Crippen molar-refractivity contribution in [2.45, 2.75) is 290 Å². The second-order valence-corrected chi connectivity index (χ2v) is 16.1. The Balaban J connectivity index is -0.000000351. The number of hydrogen-bond donors (Lipinski definition) is 0. The summed E-state index contributed by atoms with van der Waals surface area (Å²) in [6.07, 6.45) is 50.8. The maximum atomic E-state index is 10.2. The van der Waals surface area contributed by atoms with Gasteiger partial charge in [-0.05, 0) is 38.5 Å². The molecule has 0 saturated carbocycles. The molecule has 325 valence electrons. The molecule has 0 aromatic rings. The van der Waals surface area contributed by atoms with Gasteiger partial charge >= 0.3 is 41.7 Å². The molecular formula is C48H93CeO6. The number of carbonyl (C=O) groups excluding carboxylic acids is 3. The first-order valence-corrected chi connectivity index (χ1v) is 23.9. The van der Waals surface area contributed by atoms with Crippen LogP contribution in [-0.2, 0) is 14.4 Å². The summed E-state index contributed by atoms with van der Waals surface area (Å²) in [5.74, 6) is -2.71. The van der Waals surface area contributed by atoms with Crippen LogP contribution in [0.3, 0.4) is 0 Å². The van der Waals surface area contributed by atoms with Crippen molar-refractivity contribution in [3.8, 4) is 0 Å². The zero-order valence-electron chi connectivity index (χ0n) is 37.1. The topological polar surface area (TPSA) is 120 Å². The van der Waals surface area contributed by atoms with Crippen LogP contribution >= 0.6 is 0 Å². The van der Waals surface area contributed by atoms with Crippen molar-refractivity contribution >= 4 is 17.9 Å². The van der Waals surface area contributed by atoms with E-state index >= 15 is 0 Å². The van der Waals surface area contributed by atoms with Crippen molar-refractivity contribution in [1.29, 1.82) is 0 Å². The molecule has 0 aliphatic carbocycles. The number of rotatable bonds is 42. The van der Waals surface area contributed by atoms with Crippen LogP contribution in [-0.4, -0.2) is 17.9 Å². The molecule has 0 N–H and O–H groups in total. The van der Waals surface area contributed by atoms with Gasteiger partial charge in [-0.2, -0.15) is 0 Å². The summed E-state index contributed by atoms with van der Waals surface area (Å²) < 4.78 is 0. The van der Waals surface area contributed by atoms with Crippen LogP contribution in [0.15, 0.2) is 0 Å². The SMILES string of the molecule is CCCCCCCCCCCCCCCC(=O)[O-].CCCCCCCCCCCCCCCC(=O)[O-].CCCCCCCCCCCCCCCC(=O)[O-].[Ce+3]. The van der Waals surface area contributed by atoms with Gasteiger partial charge in [0.05, 0.1) is 0 Å². The standard InChI is InChI=1S/3C16H32O2.Ce/c3*1-2-3-4-5-6-7-8-9-10-11-12-13-14-15-16(17)18;/h3*2-15H2,1H3,(H,17,18);/q;;;+3/p-3. The maximum Gasteiger partial charge on any atom is 3.00 e. The molecule has 0 aromatic carbocycles. The van der Waals surface area contributed by atoms with Gasteiger partial charge in [-0.25, -0.2) is 0 Å². The molecule has 0 spiro atoms. The molecule has 0 bridgehead atoms. The smallest absolute Gasteiger partial charge is 0.550 e. The molecule has 0 rings (SSSR count). The van der Waals surface area contributed by atoms with E-state index in [9.17, 15) is 29.7 Å². The van der Waals surface area contributed by atoms with E-state index in [1.165, 1.54) is 212 Å². The van der Waals surface area contributed by atoms with Crippen LogP contribution in [0.1, 0.15) is 290 Å². The summed E-state index contributed by atoms with van der Waals surface area (Å²) in [5.41, 5.74) is 0. The summed E-state index contributed by atoms with van der Waals surface area (Å²) in [6, 6.07) is 0. The van der Waals surface area contributed by atoms with Crippen LogP contribution in [0.4, 0.5) is 0 Å². The molecule has 6 nitrogen and oxygen atoms in total. The van der Waals surface area contributed by atoms with Gasteiger partial charge in [0.1, 0.15) is 0 Å². The van der Waals surface area contributed by atoms with Crippen molar-refractivity contribution in [2.24, 2.45) is 0 Å². The van der Waals surface area contributed by atoms with E-state index in [0.29, 0.717) is 0 Å². The predicted octanol–water partition coefficient (Wildman–Crippen LogP) is 12.7. The van der Waals surface area contributed by atoms with Crippen molar-refractivity contribution in [3.05, 3.63) is 0 Å². The van der Waals surface area contributed by atoms with Gasteiger partial charge in [0.2, 0.25) is 0 Å². The van der Waals surface area contributed by atoms with E-state index in [1.807, 2.05) is 0 Å². The Kier molecular flexibility index (Phi) is 64.9. The van der Waals surface area contributed by atoms with Crippen molar-refractivity contribution in [2.75, 3.05) is 0 Å². The number of carboxylic acids is 3. The molecule has 0 heterocycles. The Morgan fingerprint density at radius 2 is 0.345 bits per heavy atom. The number of hydrogen-bond acceptors (Lipinski definition) is 6. The molecule has 55 heavy (non-hydrogen) atoms. The molecule has 0 atom stereocenters. The van der Waals surface area contributed by atoms with Crippen molar-refractivity contribution < 1.29 is 71.5 Å². The molecule has 0 aromatic heterocycles. The molecule has 0 saturated heterocycles. The Morgan fingerprint density at radius 1 is 0.236 bits per heavy atom. The van der Waals surface area contributed by atoms with E-state index in [0.717, 1.165) is 38.5 Å². The van der Waals surface area contributed by atoms with Gasteiger partial charge in [-0.1, -0.05) is 252 Å². The van der Waals surface area contributed by atoms with Crippen LogP contribution in [0.2, 0.25) is 0 Å². The van der Waals surface area contributed by atoms with Crippen LogP contribution in [0.25, 0.3) is 0 Å². The van der Waals surface area contributed by atoms with E-state index < -0.39 is 17.9 Å². The summed E-state index contributed by atoms with van der Waals surface area (Å²) in [7, 11) is 0. The monoisotopic (exact) mass is 906 g/mol. The number of unbranched alkanes of at least 4 members (excludes halogenated alkanes) is 36. The third-order valence-electron chi connectivity index (χ3n) is 10.5. The van der Waals surface area contributed by atoms with E-state index in [-0.39, 0.29) is 61.0 Å². The third kappa shape index (κ3) is 71.9. The second-order valence-electron chi connectivity index (χ2n) is 16.1. The Bertz CT molecular complexity index is 636. The first-order chi connectivity index (χ1) is 26.3. The molecule has 0 fully saturated rings. The Labute approximate surface area is 377 Å². The van der Waals surface area contributed by atoms with E-state index in [1.54, 1.807) is 0 Å². The maximum absolute atomic E-state index is 10.2. The van der Waals surface area contributed by atoms with Crippen LogP contribution in [0.5, 0.6) is 0 Å². The normalized spacial score (nSPS) is 10.5. The fraction of sp³-hybridized carbons (Fsp3) is 0.938. The minimum Gasteiger partial charge on any atom is -0.550 e. The zero-order valence-corrected chi connectivity index (χ0v) is 40.3. The van der Waals surface area contributed by atoms with Gasteiger partial charge < -0.3 is 29.7 Å². The summed E-state index contributed by atoms with van der Waals surface area (Å²) in [4.78, 5) is 30.6. The number of carbonyl (C=O) groups is 3. The summed E-state index contributed by atoms with van der Waals surface area (Å²) in [6.45, 7) is 6.77. The van der Waals surface area contributed by atoms with E-state index in [4.69, 9.17) is 0 Å². The van der Waals surface area contributed by atoms with Gasteiger partial charge in [0.15, 0.2) is 0 Å². The van der Waals surface area contributed by atoms with Crippen molar-refractivity contribution in [1.82, 2.24) is 0 Å². The van der Waals surface area contributed by atoms with E-state index in [2.05, 4.69) is 20.8 Å². The first-order valence-electron chi connectivity index (χ1n) is 23.9.